The van der Waals surface area contributed by atoms with Crippen LogP contribution in [0.1, 0.15) is 89.0 Å². The fourth-order valence-electron chi connectivity index (χ4n) is 3.56. The van der Waals surface area contributed by atoms with Gasteiger partial charge < -0.3 is 4.42 Å². The second kappa shape index (κ2) is 9.82. The van der Waals surface area contributed by atoms with Crippen LogP contribution in [0.25, 0.3) is 11.5 Å². The van der Waals surface area contributed by atoms with Gasteiger partial charge in [-0.05, 0) is 43.4 Å². The fraction of sp³-hybridized carbons (Fsp3) is 0.609. The molecule has 1 heterocycles. The van der Waals surface area contributed by atoms with Gasteiger partial charge in [-0.2, -0.15) is 5.26 Å². The van der Waals surface area contributed by atoms with E-state index in [1.54, 1.807) is 0 Å². The Balaban J connectivity index is 1.48. The van der Waals surface area contributed by atoms with Gasteiger partial charge in [-0.3, -0.25) is 0 Å². The Morgan fingerprint density at radius 3 is 2.36 bits per heavy atom. The molecule has 150 valence electrons. The number of halogens is 1. The van der Waals surface area contributed by atoms with E-state index in [0.717, 1.165) is 31.2 Å². The Hall–Kier alpha value is -2.22. The Morgan fingerprint density at radius 1 is 1.04 bits per heavy atom. The molecule has 1 aromatic carbocycles. The van der Waals surface area contributed by atoms with Crippen molar-refractivity contribution in [2.24, 2.45) is 0 Å². The summed E-state index contributed by atoms with van der Waals surface area (Å²) in [6.07, 6.45) is 14.0. The molecule has 1 aliphatic carbocycles. The Morgan fingerprint density at radius 2 is 1.71 bits per heavy atom. The molecule has 3 rings (SSSR count). The number of hydrogen-bond acceptors (Lipinski definition) is 4. The Labute approximate surface area is 167 Å². The highest BCUT2D eigenvalue weighted by Crippen LogP contribution is 2.47. The molecular formula is C23H30FN3O. The molecular weight excluding hydrogens is 353 g/mol. The lowest BCUT2D eigenvalue weighted by Crippen LogP contribution is -2.02. The lowest BCUT2D eigenvalue weighted by molar-refractivity contribution is 0.478. The zero-order chi connectivity index (χ0) is 19.8. The topological polar surface area (TPSA) is 62.7 Å². The molecule has 0 N–H and O–H groups in total. The molecule has 5 heteroatoms. The van der Waals surface area contributed by atoms with E-state index in [1.807, 2.05) is 12.1 Å². The number of hydrogen-bond donors (Lipinski definition) is 0. The average Bonchev–Trinajstić information content (AvgIpc) is 3.36. The van der Waals surface area contributed by atoms with Gasteiger partial charge in [0.05, 0.1) is 11.6 Å². The Bertz CT molecular complexity index is 804. The van der Waals surface area contributed by atoms with E-state index in [0.29, 0.717) is 11.5 Å². The van der Waals surface area contributed by atoms with Gasteiger partial charge in [0, 0.05) is 0 Å². The smallest absolute Gasteiger partial charge is 0.250 e. The van der Waals surface area contributed by atoms with E-state index in [4.69, 9.17) is 4.42 Å². The lowest BCUT2D eigenvalue weighted by Gasteiger charge is -2.05. The van der Waals surface area contributed by atoms with Gasteiger partial charge in [-0.15, -0.1) is 10.2 Å². The highest BCUT2D eigenvalue weighted by atomic mass is 19.1. The summed E-state index contributed by atoms with van der Waals surface area (Å²) in [5.41, 5.74) is 0.775. The predicted molar refractivity (Wildman–Crippen MR) is 107 cm³/mol. The molecule has 1 fully saturated rings. The van der Waals surface area contributed by atoms with Gasteiger partial charge in [0.1, 0.15) is 11.2 Å². The molecule has 0 saturated heterocycles. The molecule has 1 aromatic heterocycles. The van der Waals surface area contributed by atoms with Crippen molar-refractivity contribution in [1.82, 2.24) is 10.2 Å². The standard InChI is InChI=1S/C23H30FN3O/c1-2-3-4-5-6-7-8-9-10-11-18-12-13-20(24)19(16-18)21-26-27-22(28-21)23(17-25)14-15-23/h12-13,16H,2-11,14-15H2,1H3. The monoisotopic (exact) mass is 383 g/mol. The first-order valence-electron chi connectivity index (χ1n) is 10.7. The quantitative estimate of drug-likeness (QED) is 0.392. The third-order valence-corrected chi connectivity index (χ3v) is 5.63. The van der Waals surface area contributed by atoms with Crippen molar-refractivity contribution in [2.75, 3.05) is 0 Å². The molecule has 0 atom stereocenters. The average molecular weight is 384 g/mol. The minimum absolute atomic E-state index is 0.169. The third-order valence-electron chi connectivity index (χ3n) is 5.63. The maximum absolute atomic E-state index is 14.3. The van der Waals surface area contributed by atoms with Crippen LogP contribution in [0.15, 0.2) is 22.6 Å². The Kier molecular flexibility index (Phi) is 7.19. The molecule has 0 bridgehead atoms. The van der Waals surface area contributed by atoms with Crippen LogP contribution in [-0.4, -0.2) is 10.2 Å². The van der Waals surface area contributed by atoms with Crippen molar-refractivity contribution in [3.05, 3.63) is 35.5 Å². The van der Waals surface area contributed by atoms with Crippen molar-refractivity contribution < 1.29 is 8.81 Å². The van der Waals surface area contributed by atoms with E-state index >= 15 is 0 Å². The first-order valence-corrected chi connectivity index (χ1v) is 10.7. The highest BCUT2D eigenvalue weighted by molar-refractivity contribution is 5.55. The summed E-state index contributed by atoms with van der Waals surface area (Å²) in [5.74, 6) is 0.115. The minimum atomic E-state index is -0.643. The third kappa shape index (κ3) is 5.19. The summed E-state index contributed by atoms with van der Waals surface area (Å²) in [5, 5.41) is 17.2. The summed E-state index contributed by atoms with van der Waals surface area (Å²) in [6, 6.07) is 7.34. The van der Waals surface area contributed by atoms with Gasteiger partial charge in [-0.25, -0.2) is 4.39 Å². The number of aromatic nitrogens is 2. The number of benzene rings is 1. The molecule has 0 unspecified atom stereocenters. The largest absolute Gasteiger partial charge is 0.419 e. The van der Waals surface area contributed by atoms with E-state index in [1.165, 1.54) is 57.4 Å². The van der Waals surface area contributed by atoms with Crippen molar-refractivity contribution in [2.45, 2.75) is 89.4 Å². The summed E-state index contributed by atoms with van der Waals surface area (Å²) in [6.45, 7) is 2.24. The zero-order valence-corrected chi connectivity index (χ0v) is 16.8. The predicted octanol–water partition coefficient (Wildman–Crippen LogP) is 6.50. The highest BCUT2D eigenvalue weighted by Gasteiger charge is 2.50. The first-order chi connectivity index (χ1) is 13.7. The summed E-state index contributed by atoms with van der Waals surface area (Å²) < 4.78 is 19.9. The van der Waals surface area contributed by atoms with E-state index in [9.17, 15) is 9.65 Å². The number of unbranched alkanes of at least 4 members (excludes halogenated alkanes) is 8. The molecule has 0 radical (unpaired) electrons. The van der Waals surface area contributed by atoms with E-state index in [-0.39, 0.29) is 11.7 Å². The van der Waals surface area contributed by atoms with Crippen LogP contribution in [0.5, 0.6) is 0 Å². The van der Waals surface area contributed by atoms with Gasteiger partial charge in [-0.1, -0.05) is 64.4 Å². The number of rotatable bonds is 12. The van der Waals surface area contributed by atoms with Gasteiger partial charge in [0.25, 0.3) is 5.89 Å². The van der Waals surface area contributed by atoms with Crippen molar-refractivity contribution >= 4 is 0 Å². The number of nitrogens with zero attached hydrogens (tertiary/aromatic N) is 3. The SMILES string of the molecule is CCCCCCCCCCCc1ccc(F)c(-c2nnc(C3(C#N)CC3)o2)c1. The van der Waals surface area contributed by atoms with Crippen LogP contribution in [0.4, 0.5) is 4.39 Å². The summed E-state index contributed by atoms with van der Waals surface area (Å²) in [7, 11) is 0. The van der Waals surface area contributed by atoms with Crippen LogP contribution in [0.2, 0.25) is 0 Å². The molecule has 2 aromatic rings. The van der Waals surface area contributed by atoms with Crippen molar-refractivity contribution in [3.63, 3.8) is 0 Å². The van der Waals surface area contributed by atoms with Crippen LogP contribution >= 0.6 is 0 Å². The molecule has 28 heavy (non-hydrogen) atoms. The summed E-state index contributed by atoms with van der Waals surface area (Å²) in [4.78, 5) is 0. The number of aryl methyl sites for hydroxylation is 1. The molecule has 4 nitrogen and oxygen atoms in total. The molecule has 1 aliphatic rings. The minimum Gasteiger partial charge on any atom is -0.419 e. The lowest BCUT2D eigenvalue weighted by atomic mass is 10.0. The van der Waals surface area contributed by atoms with Crippen LogP contribution in [-0.2, 0) is 11.8 Å². The van der Waals surface area contributed by atoms with Crippen LogP contribution in [0, 0.1) is 17.1 Å². The normalized spacial score (nSPS) is 14.8. The first kappa shape index (κ1) is 20.5. The molecule has 1 saturated carbocycles. The van der Waals surface area contributed by atoms with E-state index < -0.39 is 5.41 Å². The van der Waals surface area contributed by atoms with Crippen LogP contribution < -0.4 is 0 Å². The molecule has 0 aliphatic heterocycles. The maximum Gasteiger partial charge on any atom is 0.250 e. The van der Waals surface area contributed by atoms with Crippen LogP contribution in [0.3, 0.4) is 0 Å². The second-order valence-electron chi connectivity index (χ2n) is 8.00. The second-order valence-corrected chi connectivity index (χ2v) is 8.00. The van der Waals surface area contributed by atoms with Crippen molar-refractivity contribution in [3.8, 4) is 17.5 Å². The van der Waals surface area contributed by atoms with Crippen molar-refractivity contribution in [1.29, 1.82) is 5.26 Å². The van der Waals surface area contributed by atoms with Gasteiger partial charge >= 0.3 is 0 Å². The van der Waals surface area contributed by atoms with Gasteiger partial charge in [0.15, 0.2) is 0 Å². The fourth-order valence-corrected chi connectivity index (χ4v) is 3.56. The van der Waals surface area contributed by atoms with Gasteiger partial charge in [0.2, 0.25) is 5.89 Å². The summed E-state index contributed by atoms with van der Waals surface area (Å²) >= 11 is 0. The molecule has 0 amide bonds. The number of nitriles is 1. The molecule has 0 spiro atoms. The zero-order valence-electron chi connectivity index (χ0n) is 16.8. The maximum atomic E-state index is 14.3. The van der Waals surface area contributed by atoms with E-state index in [2.05, 4.69) is 23.2 Å².